The first kappa shape index (κ1) is 12.0. The van der Waals surface area contributed by atoms with Crippen LogP contribution >= 0.6 is 0 Å². The highest BCUT2D eigenvalue weighted by Crippen LogP contribution is 2.31. The molecule has 0 amide bonds. The lowest BCUT2D eigenvalue weighted by Gasteiger charge is -2.10. The van der Waals surface area contributed by atoms with Gasteiger partial charge in [-0.25, -0.2) is 0 Å². The molecule has 1 aromatic rings. The second-order valence-electron chi connectivity index (χ2n) is 2.95. The van der Waals surface area contributed by atoms with Gasteiger partial charge in [0.25, 0.3) is 0 Å². The van der Waals surface area contributed by atoms with Gasteiger partial charge >= 0.3 is 0 Å². The van der Waals surface area contributed by atoms with E-state index in [2.05, 4.69) is 0 Å². The molecule has 0 aromatic heterocycles. The van der Waals surface area contributed by atoms with E-state index < -0.39 is 0 Å². The predicted molar refractivity (Wildman–Crippen MR) is 60.0 cm³/mol. The number of rotatable bonds is 5. The highest BCUT2D eigenvalue weighted by Gasteiger charge is 2.09. The lowest BCUT2D eigenvalue weighted by Crippen LogP contribution is -1.95. The van der Waals surface area contributed by atoms with Crippen molar-refractivity contribution in [2.45, 2.75) is 0 Å². The van der Waals surface area contributed by atoms with E-state index in [1.165, 1.54) is 20.3 Å². The molecule has 84 valence electrons. The third-order valence-corrected chi connectivity index (χ3v) is 2.04. The summed E-state index contributed by atoms with van der Waals surface area (Å²) in [5.74, 6) is 0.971. The minimum absolute atomic E-state index is 0.456. The molecule has 1 aromatic carbocycles. The summed E-state index contributed by atoms with van der Waals surface area (Å²) in [6.07, 6.45) is 4.27. The van der Waals surface area contributed by atoms with E-state index in [0.717, 1.165) is 0 Å². The van der Waals surface area contributed by atoms with Crippen molar-refractivity contribution in [1.29, 1.82) is 0 Å². The fourth-order valence-electron chi connectivity index (χ4n) is 1.33. The molecule has 0 bridgehead atoms. The quantitative estimate of drug-likeness (QED) is 0.560. The zero-order valence-corrected chi connectivity index (χ0v) is 9.10. The number of ether oxygens (including phenoxy) is 2. The lowest BCUT2D eigenvalue weighted by atomic mass is 10.1. The summed E-state index contributed by atoms with van der Waals surface area (Å²) in [6, 6.07) is 3.17. The van der Waals surface area contributed by atoms with Gasteiger partial charge in [-0.15, -0.1) is 0 Å². The lowest BCUT2D eigenvalue weighted by molar-refractivity contribution is -0.104. The Hall–Kier alpha value is -2.10. The Bertz CT molecular complexity index is 396. The number of aldehydes is 2. The first-order valence-corrected chi connectivity index (χ1v) is 4.59. The van der Waals surface area contributed by atoms with Crippen molar-refractivity contribution in [2.75, 3.05) is 14.2 Å². The van der Waals surface area contributed by atoms with Gasteiger partial charge < -0.3 is 9.47 Å². The van der Waals surface area contributed by atoms with E-state index in [-0.39, 0.29) is 0 Å². The molecule has 0 heterocycles. The highest BCUT2D eigenvalue weighted by atomic mass is 16.5. The van der Waals surface area contributed by atoms with Gasteiger partial charge in [-0.05, 0) is 24.3 Å². The van der Waals surface area contributed by atoms with Crippen molar-refractivity contribution in [3.05, 3.63) is 29.3 Å². The Morgan fingerprint density at radius 2 is 1.62 bits per heavy atom. The molecular formula is C12H12O4. The molecule has 0 fully saturated rings. The second-order valence-corrected chi connectivity index (χ2v) is 2.95. The van der Waals surface area contributed by atoms with Crippen LogP contribution in [-0.2, 0) is 4.79 Å². The fraction of sp³-hybridized carbons (Fsp3) is 0.167. The van der Waals surface area contributed by atoms with Crippen LogP contribution in [0.4, 0.5) is 0 Å². The van der Waals surface area contributed by atoms with Crippen molar-refractivity contribution in [1.82, 2.24) is 0 Å². The first-order valence-electron chi connectivity index (χ1n) is 4.59. The molecule has 0 aliphatic heterocycles. The SMILES string of the molecule is COc1cc(C=O)cc(OC)c1C=CC=O. The van der Waals surface area contributed by atoms with Gasteiger partial charge in [0, 0.05) is 5.56 Å². The zero-order chi connectivity index (χ0) is 12.0. The molecule has 0 spiro atoms. The van der Waals surface area contributed by atoms with Crippen molar-refractivity contribution in [2.24, 2.45) is 0 Å². The highest BCUT2D eigenvalue weighted by molar-refractivity contribution is 5.82. The predicted octanol–water partition coefficient (Wildman–Crippen LogP) is 1.73. The van der Waals surface area contributed by atoms with Crippen LogP contribution < -0.4 is 9.47 Å². The monoisotopic (exact) mass is 220 g/mol. The summed E-state index contributed by atoms with van der Waals surface area (Å²) in [5, 5.41) is 0. The van der Waals surface area contributed by atoms with Crippen molar-refractivity contribution < 1.29 is 19.1 Å². The van der Waals surface area contributed by atoms with Crippen LogP contribution in [0.2, 0.25) is 0 Å². The van der Waals surface area contributed by atoms with Gasteiger partial charge in [0.1, 0.15) is 24.1 Å². The molecule has 0 saturated heterocycles. The van der Waals surface area contributed by atoms with Crippen LogP contribution in [0, 0.1) is 0 Å². The zero-order valence-electron chi connectivity index (χ0n) is 9.10. The minimum Gasteiger partial charge on any atom is -0.496 e. The van der Waals surface area contributed by atoms with E-state index in [0.29, 0.717) is 35.2 Å². The number of hydrogen-bond donors (Lipinski definition) is 0. The maximum Gasteiger partial charge on any atom is 0.150 e. The normalized spacial score (nSPS) is 10.1. The smallest absolute Gasteiger partial charge is 0.150 e. The fourth-order valence-corrected chi connectivity index (χ4v) is 1.33. The van der Waals surface area contributed by atoms with E-state index in [9.17, 15) is 9.59 Å². The molecule has 0 radical (unpaired) electrons. The summed E-state index contributed by atoms with van der Waals surface area (Å²) in [4.78, 5) is 21.0. The van der Waals surface area contributed by atoms with Crippen LogP contribution in [0.25, 0.3) is 6.08 Å². The molecule has 0 unspecified atom stereocenters. The summed E-state index contributed by atoms with van der Waals surface area (Å²) in [7, 11) is 2.98. The first-order chi connectivity index (χ1) is 7.76. The molecule has 0 aliphatic carbocycles. The molecule has 4 heteroatoms. The number of methoxy groups -OCH3 is 2. The summed E-state index contributed by atoms with van der Waals surface area (Å²) >= 11 is 0. The number of carbonyl (C=O) groups excluding carboxylic acids is 2. The van der Waals surface area contributed by atoms with Crippen LogP contribution in [0.5, 0.6) is 11.5 Å². The molecule has 0 atom stereocenters. The van der Waals surface area contributed by atoms with Gasteiger partial charge in [-0.2, -0.15) is 0 Å². The third-order valence-electron chi connectivity index (χ3n) is 2.04. The largest absolute Gasteiger partial charge is 0.496 e. The van der Waals surface area contributed by atoms with E-state index in [1.54, 1.807) is 18.2 Å². The Labute approximate surface area is 93.5 Å². The standard InChI is InChI=1S/C12H12O4/c1-15-11-6-9(8-14)7-12(16-2)10(11)4-3-5-13/h3-8H,1-2H3. The van der Waals surface area contributed by atoms with E-state index >= 15 is 0 Å². The molecule has 16 heavy (non-hydrogen) atoms. The van der Waals surface area contributed by atoms with Gasteiger partial charge in [0.2, 0.25) is 0 Å². The van der Waals surface area contributed by atoms with Crippen LogP contribution in [0.3, 0.4) is 0 Å². The molecular weight excluding hydrogens is 208 g/mol. The van der Waals surface area contributed by atoms with E-state index in [4.69, 9.17) is 9.47 Å². The average Bonchev–Trinajstić information content (AvgIpc) is 2.35. The van der Waals surface area contributed by atoms with Crippen LogP contribution in [0.15, 0.2) is 18.2 Å². The number of benzene rings is 1. The van der Waals surface area contributed by atoms with Gasteiger partial charge in [0.05, 0.1) is 19.8 Å². The molecule has 0 N–H and O–H groups in total. The molecule has 0 saturated carbocycles. The Morgan fingerprint density at radius 1 is 1.06 bits per heavy atom. The van der Waals surface area contributed by atoms with Gasteiger partial charge in [-0.3, -0.25) is 9.59 Å². The minimum atomic E-state index is 0.456. The van der Waals surface area contributed by atoms with Gasteiger partial charge in [-0.1, -0.05) is 0 Å². The molecule has 1 rings (SSSR count). The average molecular weight is 220 g/mol. The number of hydrogen-bond acceptors (Lipinski definition) is 4. The maximum atomic E-state index is 10.7. The van der Waals surface area contributed by atoms with Crippen LogP contribution in [-0.4, -0.2) is 26.8 Å². The summed E-state index contributed by atoms with van der Waals surface area (Å²) < 4.78 is 10.2. The summed E-state index contributed by atoms with van der Waals surface area (Å²) in [5.41, 5.74) is 1.08. The van der Waals surface area contributed by atoms with Crippen molar-refractivity contribution >= 4 is 18.6 Å². The number of carbonyl (C=O) groups is 2. The van der Waals surface area contributed by atoms with Crippen LogP contribution in [0.1, 0.15) is 15.9 Å². The topological polar surface area (TPSA) is 52.6 Å². The summed E-state index contributed by atoms with van der Waals surface area (Å²) in [6.45, 7) is 0. The Kier molecular flexibility index (Phi) is 4.27. The number of allylic oxidation sites excluding steroid dienone is 1. The van der Waals surface area contributed by atoms with Gasteiger partial charge in [0.15, 0.2) is 0 Å². The molecule has 0 aliphatic rings. The second kappa shape index (κ2) is 5.70. The Morgan fingerprint density at radius 3 is 2.00 bits per heavy atom. The Balaban J connectivity index is 3.36. The van der Waals surface area contributed by atoms with E-state index in [1.807, 2.05) is 0 Å². The third kappa shape index (κ3) is 2.48. The molecule has 4 nitrogen and oxygen atoms in total. The maximum absolute atomic E-state index is 10.7. The van der Waals surface area contributed by atoms with Crippen molar-refractivity contribution in [3.63, 3.8) is 0 Å². The van der Waals surface area contributed by atoms with Crippen molar-refractivity contribution in [3.8, 4) is 11.5 Å².